The van der Waals surface area contributed by atoms with Gasteiger partial charge in [0.1, 0.15) is 5.82 Å². The number of benzene rings is 2. The summed E-state index contributed by atoms with van der Waals surface area (Å²) in [5.41, 5.74) is 3.01. The molecule has 0 amide bonds. The molecule has 1 saturated carbocycles. The van der Waals surface area contributed by atoms with E-state index in [0.717, 1.165) is 29.9 Å². The van der Waals surface area contributed by atoms with Crippen LogP contribution < -0.4 is 10.6 Å². The van der Waals surface area contributed by atoms with Crippen LogP contribution in [0, 0.1) is 5.82 Å². The van der Waals surface area contributed by atoms with Gasteiger partial charge in [0.25, 0.3) is 0 Å². The number of ether oxygens (including phenoxy) is 1. The zero-order valence-electron chi connectivity index (χ0n) is 15.8. The van der Waals surface area contributed by atoms with Crippen LogP contribution in [0.3, 0.4) is 0 Å². The Morgan fingerprint density at radius 3 is 2.37 bits per heavy atom. The summed E-state index contributed by atoms with van der Waals surface area (Å²) < 4.78 is 19.4. The van der Waals surface area contributed by atoms with Crippen LogP contribution in [0.25, 0.3) is 0 Å². The minimum absolute atomic E-state index is 0. The van der Waals surface area contributed by atoms with Gasteiger partial charge in [0.15, 0.2) is 5.96 Å². The maximum absolute atomic E-state index is 14.1. The van der Waals surface area contributed by atoms with E-state index in [1.165, 1.54) is 11.6 Å². The van der Waals surface area contributed by atoms with Crippen molar-refractivity contribution in [1.82, 2.24) is 10.6 Å². The Balaban J connectivity index is 0.00000261. The first kappa shape index (κ1) is 21.6. The fourth-order valence-corrected chi connectivity index (χ4v) is 3.26. The monoisotopic (exact) mass is 483 g/mol. The molecule has 0 radical (unpaired) electrons. The molecule has 0 aliphatic heterocycles. The maximum atomic E-state index is 14.1. The Bertz CT molecular complexity index is 778. The lowest BCUT2D eigenvalue weighted by Gasteiger charge is -2.20. The number of rotatable bonds is 7. The number of hydrogen-bond acceptors (Lipinski definition) is 2. The van der Waals surface area contributed by atoms with Gasteiger partial charge in [-0.05, 0) is 35.6 Å². The van der Waals surface area contributed by atoms with Crippen LogP contribution in [-0.2, 0) is 23.3 Å². The van der Waals surface area contributed by atoms with E-state index >= 15 is 0 Å². The van der Waals surface area contributed by atoms with E-state index in [4.69, 9.17) is 4.74 Å². The third-order valence-corrected chi connectivity index (χ3v) is 4.98. The van der Waals surface area contributed by atoms with Gasteiger partial charge < -0.3 is 15.4 Å². The lowest BCUT2D eigenvalue weighted by atomic mass is 9.95. The number of hydrogen-bond donors (Lipinski definition) is 2. The molecule has 2 N–H and O–H groups in total. The van der Waals surface area contributed by atoms with Crippen LogP contribution in [0.2, 0.25) is 0 Å². The second-order valence-corrected chi connectivity index (χ2v) is 6.74. The van der Waals surface area contributed by atoms with Gasteiger partial charge in [0.2, 0.25) is 0 Å². The number of methoxy groups -OCH3 is 1. The Morgan fingerprint density at radius 2 is 1.74 bits per heavy atom. The van der Waals surface area contributed by atoms with Crippen molar-refractivity contribution in [2.45, 2.75) is 31.4 Å². The minimum Gasteiger partial charge on any atom is -0.380 e. The molecule has 1 aliphatic rings. The first-order valence-electron chi connectivity index (χ1n) is 8.94. The number of aliphatic imine (C=N–C) groups is 1. The van der Waals surface area contributed by atoms with Gasteiger partial charge >= 0.3 is 0 Å². The van der Waals surface area contributed by atoms with Crippen LogP contribution in [0.5, 0.6) is 0 Å². The topological polar surface area (TPSA) is 45.7 Å². The molecule has 3 rings (SSSR count). The van der Waals surface area contributed by atoms with E-state index in [2.05, 4.69) is 27.8 Å². The van der Waals surface area contributed by atoms with Gasteiger partial charge in [-0.15, -0.1) is 24.0 Å². The van der Waals surface area contributed by atoms with Crippen LogP contribution in [0.15, 0.2) is 53.5 Å². The van der Waals surface area contributed by atoms with Crippen molar-refractivity contribution in [3.63, 3.8) is 0 Å². The quantitative estimate of drug-likeness (QED) is 0.356. The summed E-state index contributed by atoms with van der Waals surface area (Å²) in [5, 5.41) is 6.70. The molecule has 2 aromatic carbocycles. The highest BCUT2D eigenvalue weighted by molar-refractivity contribution is 14.0. The van der Waals surface area contributed by atoms with E-state index in [0.29, 0.717) is 19.7 Å². The highest BCUT2D eigenvalue weighted by Crippen LogP contribution is 2.48. The fourth-order valence-electron chi connectivity index (χ4n) is 3.26. The molecule has 1 aliphatic carbocycles. The van der Waals surface area contributed by atoms with Crippen LogP contribution in [-0.4, -0.2) is 26.7 Å². The second kappa shape index (κ2) is 10.0. The van der Waals surface area contributed by atoms with Gasteiger partial charge in [-0.1, -0.05) is 42.5 Å². The Morgan fingerprint density at radius 1 is 1.07 bits per heavy atom. The molecular formula is C21H27FIN3O. The average Bonchev–Trinajstić information content (AvgIpc) is 3.44. The molecule has 27 heavy (non-hydrogen) atoms. The molecule has 0 unspecified atom stereocenters. The molecule has 0 heterocycles. The van der Waals surface area contributed by atoms with Crippen LogP contribution in [0.4, 0.5) is 4.39 Å². The van der Waals surface area contributed by atoms with Crippen molar-refractivity contribution < 1.29 is 9.13 Å². The van der Waals surface area contributed by atoms with E-state index < -0.39 is 0 Å². The van der Waals surface area contributed by atoms with Gasteiger partial charge in [-0.25, -0.2) is 4.39 Å². The number of nitrogens with one attached hydrogen (secondary N) is 2. The van der Waals surface area contributed by atoms with Crippen molar-refractivity contribution >= 4 is 29.9 Å². The number of nitrogens with zero attached hydrogens (tertiary/aromatic N) is 1. The molecule has 0 saturated heterocycles. The zero-order chi connectivity index (χ0) is 18.4. The van der Waals surface area contributed by atoms with Crippen molar-refractivity contribution in [1.29, 1.82) is 0 Å². The number of guanidine groups is 1. The van der Waals surface area contributed by atoms with E-state index in [1.807, 2.05) is 24.3 Å². The van der Waals surface area contributed by atoms with Gasteiger partial charge in [0.05, 0.1) is 6.61 Å². The molecule has 146 valence electrons. The Kier molecular flexibility index (Phi) is 8.04. The normalized spacial score (nSPS) is 15.0. The molecular weight excluding hydrogens is 456 g/mol. The first-order valence-corrected chi connectivity index (χ1v) is 8.94. The highest BCUT2D eigenvalue weighted by Gasteiger charge is 2.45. The largest absolute Gasteiger partial charge is 0.380 e. The Hall–Kier alpha value is -1.67. The summed E-state index contributed by atoms with van der Waals surface area (Å²) in [5.74, 6) is 0.600. The smallest absolute Gasteiger partial charge is 0.191 e. The van der Waals surface area contributed by atoms with E-state index in [1.54, 1.807) is 20.2 Å². The summed E-state index contributed by atoms with van der Waals surface area (Å²) >= 11 is 0. The molecule has 6 heteroatoms. The Labute approximate surface area is 177 Å². The maximum Gasteiger partial charge on any atom is 0.191 e. The average molecular weight is 483 g/mol. The molecule has 0 atom stereocenters. The van der Waals surface area contributed by atoms with Crippen molar-refractivity contribution in [2.24, 2.45) is 4.99 Å². The zero-order valence-corrected chi connectivity index (χ0v) is 18.1. The molecule has 0 bridgehead atoms. The van der Waals surface area contributed by atoms with Crippen LogP contribution in [0.1, 0.15) is 29.5 Å². The summed E-state index contributed by atoms with van der Waals surface area (Å²) in [6, 6.07) is 15.2. The van der Waals surface area contributed by atoms with Crippen molar-refractivity contribution in [3.05, 3.63) is 71.0 Å². The van der Waals surface area contributed by atoms with Gasteiger partial charge in [0, 0.05) is 32.7 Å². The van der Waals surface area contributed by atoms with Crippen LogP contribution >= 0.6 is 24.0 Å². The predicted molar refractivity (Wildman–Crippen MR) is 118 cm³/mol. The molecule has 1 fully saturated rings. The highest BCUT2D eigenvalue weighted by atomic mass is 127. The lowest BCUT2D eigenvalue weighted by Crippen LogP contribution is -2.41. The second-order valence-electron chi connectivity index (χ2n) is 6.74. The SMILES string of the molecule is CN=C(NCc1ccccc1COC)NCC1(c2ccccc2F)CC1.I. The van der Waals surface area contributed by atoms with E-state index in [-0.39, 0.29) is 35.2 Å². The summed E-state index contributed by atoms with van der Waals surface area (Å²) in [6.45, 7) is 1.92. The van der Waals surface area contributed by atoms with Crippen molar-refractivity contribution in [3.8, 4) is 0 Å². The van der Waals surface area contributed by atoms with Gasteiger partial charge in [-0.2, -0.15) is 0 Å². The standard InChI is InChI=1S/C21H26FN3O.HI/c1-23-20(24-13-16-7-3-4-8-17(16)14-26-2)25-15-21(11-12-21)18-9-5-6-10-19(18)22;/h3-10H,11-15H2,1-2H3,(H2,23,24,25);1H. The predicted octanol–water partition coefficient (Wildman–Crippen LogP) is 3.99. The minimum atomic E-state index is -0.122. The van der Waals surface area contributed by atoms with Gasteiger partial charge in [-0.3, -0.25) is 4.99 Å². The first-order chi connectivity index (χ1) is 12.7. The third-order valence-electron chi connectivity index (χ3n) is 4.98. The molecule has 2 aromatic rings. The fraction of sp³-hybridized carbons (Fsp3) is 0.381. The summed E-state index contributed by atoms with van der Waals surface area (Å²) in [4.78, 5) is 4.30. The molecule has 4 nitrogen and oxygen atoms in total. The van der Waals surface area contributed by atoms with Crippen molar-refractivity contribution in [2.75, 3.05) is 20.7 Å². The summed E-state index contributed by atoms with van der Waals surface area (Å²) in [7, 11) is 3.45. The third kappa shape index (κ3) is 5.42. The summed E-state index contributed by atoms with van der Waals surface area (Å²) in [6.07, 6.45) is 1.99. The van der Waals surface area contributed by atoms with E-state index in [9.17, 15) is 4.39 Å². The number of halogens is 2. The molecule has 0 aromatic heterocycles. The molecule has 0 spiro atoms. The lowest BCUT2D eigenvalue weighted by molar-refractivity contribution is 0.184.